The van der Waals surface area contributed by atoms with Crippen molar-refractivity contribution in [2.75, 3.05) is 12.5 Å². The van der Waals surface area contributed by atoms with Gasteiger partial charge in [-0.1, -0.05) is 13.3 Å². The molecule has 1 heterocycles. The minimum atomic E-state index is -0.431. The fraction of sp³-hybridized carbons (Fsp3) is 0.348. The number of carbonyl (C=O) groups is 1. The van der Waals surface area contributed by atoms with E-state index in [0.29, 0.717) is 34.7 Å². The summed E-state index contributed by atoms with van der Waals surface area (Å²) in [6, 6.07) is 11.7. The van der Waals surface area contributed by atoms with Crippen molar-refractivity contribution in [2.45, 2.75) is 32.6 Å². The number of fused-ring (bicyclic) bond motifs is 1. The Labute approximate surface area is 180 Å². The molecule has 6 nitrogen and oxygen atoms in total. The van der Waals surface area contributed by atoms with Crippen molar-refractivity contribution in [3.63, 3.8) is 0 Å². The molecule has 0 amide bonds. The topological polar surface area (TPSA) is 74.4 Å². The van der Waals surface area contributed by atoms with Crippen LogP contribution in [0.4, 0.5) is 5.69 Å². The number of nitrogens with zero attached hydrogens (tertiary/aromatic N) is 2. The van der Waals surface area contributed by atoms with Crippen LogP contribution in [0.15, 0.2) is 42.5 Å². The lowest BCUT2D eigenvalue weighted by atomic mass is 9.98. The van der Waals surface area contributed by atoms with E-state index in [1.54, 1.807) is 30.3 Å². The molecule has 0 saturated carbocycles. The summed E-state index contributed by atoms with van der Waals surface area (Å²) in [6.45, 7) is 2.61. The van der Waals surface area contributed by atoms with Gasteiger partial charge < -0.3 is 9.30 Å². The third-order valence-corrected chi connectivity index (χ3v) is 5.44. The molecule has 0 fully saturated rings. The summed E-state index contributed by atoms with van der Waals surface area (Å²) in [5, 5.41) is 11.9. The zero-order valence-corrected chi connectivity index (χ0v) is 17.9. The highest BCUT2D eigenvalue weighted by atomic mass is 35.5. The molecular weight excluding hydrogens is 404 g/mol. The van der Waals surface area contributed by atoms with Crippen LogP contribution in [0.5, 0.6) is 5.75 Å². The number of hydrogen-bond acceptors (Lipinski definition) is 4. The minimum Gasteiger partial charge on any atom is -0.494 e. The van der Waals surface area contributed by atoms with Crippen LogP contribution in [-0.2, 0) is 13.5 Å². The lowest BCUT2D eigenvalue weighted by Gasteiger charge is -2.09. The maximum Gasteiger partial charge on any atom is 0.270 e. The smallest absolute Gasteiger partial charge is 0.270 e. The van der Waals surface area contributed by atoms with Crippen molar-refractivity contribution < 1.29 is 14.5 Å². The van der Waals surface area contributed by atoms with Crippen LogP contribution in [0, 0.1) is 10.1 Å². The number of carbonyl (C=O) groups excluding carboxylic acids is 1. The van der Waals surface area contributed by atoms with Gasteiger partial charge in [0.2, 0.25) is 0 Å². The first kappa shape index (κ1) is 21.8. The molecule has 1 aromatic heterocycles. The number of halogens is 1. The summed E-state index contributed by atoms with van der Waals surface area (Å²) in [5.41, 5.74) is 2.76. The fourth-order valence-corrected chi connectivity index (χ4v) is 3.69. The average molecular weight is 429 g/mol. The van der Waals surface area contributed by atoms with E-state index >= 15 is 0 Å². The number of unbranched alkanes of at least 4 members (excludes halogenated alkanes) is 1. The first-order valence-electron chi connectivity index (χ1n) is 10.1. The molecule has 3 rings (SSSR count). The quantitative estimate of drug-likeness (QED) is 0.137. The Morgan fingerprint density at radius 1 is 1.17 bits per heavy atom. The van der Waals surface area contributed by atoms with Gasteiger partial charge in [0, 0.05) is 47.2 Å². The molecule has 30 heavy (non-hydrogen) atoms. The van der Waals surface area contributed by atoms with Gasteiger partial charge in [0.05, 0.1) is 17.1 Å². The first-order valence-corrected chi connectivity index (χ1v) is 10.6. The van der Waals surface area contributed by atoms with E-state index in [2.05, 4.69) is 6.92 Å². The molecule has 0 radical (unpaired) electrons. The molecule has 3 aromatic rings. The van der Waals surface area contributed by atoms with Gasteiger partial charge >= 0.3 is 0 Å². The number of ketones is 1. The van der Waals surface area contributed by atoms with Gasteiger partial charge in [-0.2, -0.15) is 0 Å². The second-order valence-electron chi connectivity index (χ2n) is 7.19. The van der Waals surface area contributed by atoms with Crippen molar-refractivity contribution in [3.8, 4) is 5.75 Å². The zero-order valence-electron chi connectivity index (χ0n) is 17.2. The summed E-state index contributed by atoms with van der Waals surface area (Å²) < 4.78 is 7.58. The summed E-state index contributed by atoms with van der Waals surface area (Å²) >= 11 is 5.66. The third-order valence-electron chi connectivity index (χ3n) is 5.17. The van der Waals surface area contributed by atoms with Gasteiger partial charge in [-0.25, -0.2) is 0 Å². The number of nitro groups is 1. The van der Waals surface area contributed by atoms with Gasteiger partial charge in [0.25, 0.3) is 5.69 Å². The molecule has 2 aromatic carbocycles. The standard InChI is InChI=1S/C23H25ClN2O4/c1-3-4-6-21-22(19-15-17(26(28)29)9-12-20(19)25(21)2)23(27)16-7-10-18(11-8-16)30-14-5-13-24/h7-12,15H,3-6,13-14H2,1-2H3. The molecule has 0 spiro atoms. The van der Waals surface area contributed by atoms with Crippen LogP contribution < -0.4 is 4.74 Å². The highest BCUT2D eigenvalue weighted by Crippen LogP contribution is 2.32. The molecular formula is C23H25ClN2O4. The van der Waals surface area contributed by atoms with Crippen LogP contribution in [0.2, 0.25) is 0 Å². The van der Waals surface area contributed by atoms with Crippen molar-refractivity contribution in [2.24, 2.45) is 7.05 Å². The minimum absolute atomic E-state index is 0.0211. The third kappa shape index (κ3) is 4.49. The van der Waals surface area contributed by atoms with Gasteiger partial charge in [0.1, 0.15) is 5.75 Å². The van der Waals surface area contributed by atoms with E-state index in [1.807, 2.05) is 11.6 Å². The van der Waals surface area contributed by atoms with Crippen LogP contribution in [0.25, 0.3) is 10.9 Å². The van der Waals surface area contributed by atoms with Crippen molar-refractivity contribution in [3.05, 3.63) is 69.4 Å². The SMILES string of the molecule is CCCCc1c(C(=O)c2ccc(OCCCCl)cc2)c2cc([N+](=O)[O-])ccc2n1C. The second-order valence-corrected chi connectivity index (χ2v) is 7.57. The van der Waals surface area contributed by atoms with E-state index in [9.17, 15) is 14.9 Å². The van der Waals surface area contributed by atoms with Crippen LogP contribution in [0.1, 0.15) is 47.8 Å². The first-order chi connectivity index (χ1) is 14.5. The van der Waals surface area contributed by atoms with Crippen LogP contribution in [-0.4, -0.2) is 27.8 Å². The average Bonchev–Trinajstić information content (AvgIpc) is 3.03. The number of ether oxygens (including phenoxy) is 1. The molecule has 0 atom stereocenters. The molecule has 0 unspecified atom stereocenters. The Kier molecular flexibility index (Phi) is 7.11. The van der Waals surface area contributed by atoms with Crippen molar-refractivity contribution in [1.82, 2.24) is 4.57 Å². The Morgan fingerprint density at radius 3 is 2.53 bits per heavy atom. The maximum absolute atomic E-state index is 13.5. The fourth-order valence-electron chi connectivity index (χ4n) is 3.58. The summed E-state index contributed by atoms with van der Waals surface area (Å²) in [7, 11) is 1.91. The maximum atomic E-state index is 13.5. The van der Waals surface area contributed by atoms with E-state index in [-0.39, 0.29) is 11.5 Å². The van der Waals surface area contributed by atoms with Gasteiger partial charge in [0.15, 0.2) is 5.78 Å². The predicted octanol–water partition coefficient (Wildman–Crippen LogP) is 5.67. The molecule has 0 aliphatic heterocycles. The number of aromatic nitrogens is 1. The highest BCUT2D eigenvalue weighted by molar-refractivity contribution is 6.18. The molecule has 0 saturated heterocycles. The Bertz CT molecular complexity index is 1060. The van der Waals surface area contributed by atoms with Gasteiger partial charge in [-0.15, -0.1) is 11.6 Å². The number of non-ortho nitro benzene ring substituents is 1. The Balaban J connectivity index is 2.04. The van der Waals surface area contributed by atoms with Gasteiger partial charge in [-0.3, -0.25) is 14.9 Å². The molecule has 0 aliphatic rings. The van der Waals surface area contributed by atoms with Crippen molar-refractivity contribution >= 4 is 34.0 Å². The van der Waals surface area contributed by atoms with E-state index in [1.165, 1.54) is 12.1 Å². The molecule has 0 N–H and O–H groups in total. The molecule has 7 heteroatoms. The number of aryl methyl sites for hydroxylation is 1. The Morgan fingerprint density at radius 2 is 1.90 bits per heavy atom. The molecule has 158 valence electrons. The lowest BCUT2D eigenvalue weighted by molar-refractivity contribution is -0.384. The normalized spacial score (nSPS) is 11.0. The second kappa shape index (κ2) is 9.76. The number of rotatable bonds is 10. The monoisotopic (exact) mass is 428 g/mol. The largest absolute Gasteiger partial charge is 0.494 e. The number of benzene rings is 2. The Hall–Kier alpha value is -2.86. The van der Waals surface area contributed by atoms with Crippen LogP contribution in [0.3, 0.4) is 0 Å². The van der Waals surface area contributed by atoms with E-state index in [0.717, 1.165) is 36.9 Å². The van der Waals surface area contributed by atoms with Gasteiger partial charge in [-0.05, 0) is 49.6 Å². The zero-order chi connectivity index (χ0) is 21.7. The number of nitro benzene ring substituents is 1. The summed E-state index contributed by atoms with van der Waals surface area (Å²) in [5.74, 6) is 1.07. The highest BCUT2D eigenvalue weighted by Gasteiger charge is 2.23. The molecule has 0 aliphatic carbocycles. The predicted molar refractivity (Wildman–Crippen MR) is 119 cm³/mol. The number of alkyl halides is 1. The van der Waals surface area contributed by atoms with Crippen LogP contribution >= 0.6 is 11.6 Å². The molecule has 0 bridgehead atoms. The van der Waals surface area contributed by atoms with E-state index in [4.69, 9.17) is 16.3 Å². The summed E-state index contributed by atoms with van der Waals surface area (Å²) in [4.78, 5) is 24.3. The lowest BCUT2D eigenvalue weighted by Crippen LogP contribution is -2.07. The van der Waals surface area contributed by atoms with Crippen molar-refractivity contribution in [1.29, 1.82) is 0 Å². The number of hydrogen-bond donors (Lipinski definition) is 0. The summed E-state index contributed by atoms with van der Waals surface area (Å²) in [6.07, 6.45) is 3.40. The van der Waals surface area contributed by atoms with E-state index < -0.39 is 4.92 Å².